The molecule has 0 radical (unpaired) electrons. The minimum absolute atomic E-state index is 0.350. The van der Waals surface area contributed by atoms with Gasteiger partial charge in [-0.15, -0.1) is 0 Å². The Morgan fingerprint density at radius 2 is 1.81 bits per heavy atom. The van der Waals surface area contributed by atoms with E-state index in [2.05, 4.69) is 15.0 Å². The van der Waals surface area contributed by atoms with E-state index in [1.54, 1.807) is 0 Å². The van der Waals surface area contributed by atoms with Gasteiger partial charge in [-0.2, -0.15) is 23.0 Å². The summed E-state index contributed by atoms with van der Waals surface area (Å²) >= 11 is 0. The van der Waals surface area contributed by atoms with Crippen molar-refractivity contribution in [2.45, 2.75) is 19.1 Å². The number of rotatable bonds is 2. The zero-order chi connectivity index (χ0) is 21.8. The second kappa shape index (κ2) is 7.09. The van der Waals surface area contributed by atoms with E-state index in [0.29, 0.717) is 16.8 Å². The lowest BCUT2D eigenvalue weighted by molar-refractivity contribution is -0.137. The molecule has 1 aliphatic heterocycles. The molecule has 0 fully saturated rings. The average molecular weight is 424 g/mol. The number of benzene rings is 2. The molecule has 4 aromatic rings. The summed E-state index contributed by atoms with van der Waals surface area (Å²) in [5.41, 5.74) is 4.15. The maximum Gasteiger partial charge on any atom is 0.416 e. The number of nitrogens with one attached hydrogen (secondary N) is 1. The number of alkyl halides is 3. The van der Waals surface area contributed by atoms with Crippen LogP contribution in [0.4, 0.5) is 13.2 Å². The van der Waals surface area contributed by atoms with E-state index in [9.17, 15) is 18.0 Å². The maximum absolute atomic E-state index is 12.8. The highest BCUT2D eigenvalue weighted by Gasteiger charge is 2.30. The highest BCUT2D eigenvalue weighted by atomic mass is 19.4. The normalized spacial score (nSPS) is 14.1. The Morgan fingerprint density at radius 1 is 1.03 bits per heavy atom. The van der Waals surface area contributed by atoms with Crippen molar-refractivity contribution in [3.8, 4) is 16.8 Å². The quantitative estimate of drug-likeness (QED) is 0.528. The summed E-state index contributed by atoms with van der Waals surface area (Å²) in [7, 11) is 2.02. The summed E-state index contributed by atoms with van der Waals surface area (Å²) in [6.45, 7) is 1.76. The smallest absolute Gasteiger partial charge is 0.346 e. The third kappa shape index (κ3) is 3.33. The lowest BCUT2D eigenvalue weighted by atomic mass is 10.0. The molecule has 2 aromatic carbocycles. The highest BCUT2D eigenvalue weighted by molar-refractivity contribution is 5.87. The first-order valence-electron chi connectivity index (χ1n) is 9.91. The van der Waals surface area contributed by atoms with Crippen molar-refractivity contribution in [2.75, 3.05) is 6.54 Å². The van der Waals surface area contributed by atoms with E-state index in [4.69, 9.17) is 0 Å². The van der Waals surface area contributed by atoms with Crippen molar-refractivity contribution in [3.63, 3.8) is 0 Å². The first-order chi connectivity index (χ1) is 14.8. The summed E-state index contributed by atoms with van der Waals surface area (Å²) in [5, 5.41) is 8.83. The molecule has 0 spiro atoms. The summed E-state index contributed by atoms with van der Waals surface area (Å²) in [5.74, 6) is 0. The van der Waals surface area contributed by atoms with Crippen LogP contribution < -0.4 is 10.9 Å². The fourth-order valence-corrected chi connectivity index (χ4v) is 4.22. The molecule has 3 heterocycles. The Balaban J connectivity index is 1.52. The van der Waals surface area contributed by atoms with Gasteiger partial charge in [-0.05, 0) is 48.4 Å². The zero-order valence-electron chi connectivity index (χ0n) is 16.7. The largest absolute Gasteiger partial charge is 0.416 e. The van der Waals surface area contributed by atoms with Crippen LogP contribution in [-0.4, -0.2) is 20.9 Å². The molecule has 0 saturated carbocycles. The number of nitrogens with zero attached hydrogens (tertiary/aromatic N) is 3. The molecule has 0 saturated heterocycles. The van der Waals surface area contributed by atoms with Gasteiger partial charge in [0.05, 0.1) is 23.0 Å². The third-order valence-electron chi connectivity index (χ3n) is 5.86. The number of fused-ring (bicyclic) bond motifs is 3. The van der Waals surface area contributed by atoms with Gasteiger partial charge < -0.3 is 9.88 Å². The second-order valence-electron chi connectivity index (χ2n) is 7.68. The Labute approximate surface area is 175 Å². The van der Waals surface area contributed by atoms with E-state index in [0.717, 1.165) is 37.2 Å². The van der Waals surface area contributed by atoms with E-state index in [-0.39, 0.29) is 5.56 Å². The van der Waals surface area contributed by atoms with Gasteiger partial charge in [-0.25, -0.2) is 0 Å². The number of hydrogen-bond donors (Lipinski definition) is 1. The summed E-state index contributed by atoms with van der Waals surface area (Å²) in [6.07, 6.45) is -1.94. The monoisotopic (exact) mass is 424 g/mol. The van der Waals surface area contributed by atoms with Crippen molar-refractivity contribution in [2.24, 2.45) is 7.05 Å². The van der Waals surface area contributed by atoms with Crippen LogP contribution in [0.15, 0.2) is 59.5 Å². The van der Waals surface area contributed by atoms with Crippen LogP contribution in [-0.2, 0) is 26.2 Å². The molecule has 0 aliphatic carbocycles. The fraction of sp³-hybridized carbons (Fsp3) is 0.217. The van der Waals surface area contributed by atoms with Crippen molar-refractivity contribution in [1.29, 1.82) is 0 Å². The van der Waals surface area contributed by atoms with Gasteiger partial charge in [0.1, 0.15) is 0 Å². The van der Waals surface area contributed by atoms with Crippen LogP contribution in [0, 0.1) is 0 Å². The number of aryl methyl sites for hydroxylation is 1. The topological polar surface area (TPSA) is 51.9 Å². The van der Waals surface area contributed by atoms with Gasteiger partial charge >= 0.3 is 6.18 Å². The van der Waals surface area contributed by atoms with Crippen molar-refractivity contribution in [3.05, 3.63) is 81.9 Å². The Morgan fingerprint density at radius 3 is 2.52 bits per heavy atom. The van der Waals surface area contributed by atoms with Crippen LogP contribution in [0.1, 0.15) is 16.8 Å². The molecule has 0 amide bonds. The predicted octanol–water partition coefficient (Wildman–Crippen LogP) is 4.06. The lowest BCUT2D eigenvalue weighted by Crippen LogP contribution is -2.24. The standard InChI is InChI=1S/C23H19F3N4O/c1-29-20-11-17(6-7-18(20)19-8-9-27-13-21(19)29)30-22(31)10-15(12-28-30)14-2-4-16(5-3-14)23(24,25)26/h2-7,10-12,27H,8-9,13H2,1H3. The molecule has 5 nitrogen and oxygen atoms in total. The SMILES string of the molecule is Cn1c2c(c3ccc(-n4ncc(-c5ccc(C(F)(F)F)cc5)cc4=O)cc31)CCNC2. The summed E-state index contributed by atoms with van der Waals surface area (Å²) < 4.78 is 41.8. The number of aromatic nitrogens is 3. The van der Waals surface area contributed by atoms with E-state index in [1.807, 2.05) is 25.2 Å². The molecule has 1 N–H and O–H groups in total. The Hall–Kier alpha value is -3.39. The van der Waals surface area contributed by atoms with Gasteiger partial charge in [0.2, 0.25) is 0 Å². The number of halogens is 3. The molecule has 0 atom stereocenters. The third-order valence-corrected chi connectivity index (χ3v) is 5.86. The summed E-state index contributed by atoms with van der Waals surface area (Å²) in [6, 6.07) is 11.9. The Kier molecular flexibility index (Phi) is 4.48. The van der Waals surface area contributed by atoms with Crippen LogP contribution in [0.3, 0.4) is 0 Å². The van der Waals surface area contributed by atoms with Crippen molar-refractivity contribution < 1.29 is 13.2 Å². The maximum atomic E-state index is 12.8. The molecule has 0 unspecified atom stereocenters. The summed E-state index contributed by atoms with van der Waals surface area (Å²) in [4.78, 5) is 12.8. The molecule has 158 valence electrons. The van der Waals surface area contributed by atoms with Gasteiger partial charge in [-0.3, -0.25) is 4.79 Å². The second-order valence-corrected chi connectivity index (χ2v) is 7.68. The fourth-order valence-electron chi connectivity index (χ4n) is 4.22. The average Bonchev–Trinajstić information content (AvgIpc) is 3.05. The van der Waals surface area contributed by atoms with Crippen molar-refractivity contribution >= 4 is 10.9 Å². The van der Waals surface area contributed by atoms with Gasteiger partial charge in [0.15, 0.2) is 0 Å². The van der Waals surface area contributed by atoms with E-state index in [1.165, 1.54) is 45.7 Å². The molecule has 8 heteroatoms. The highest BCUT2D eigenvalue weighted by Crippen LogP contribution is 2.31. The molecule has 5 rings (SSSR count). The van der Waals surface area contributed by atoms with Crippen molar-refractivity contribution in [1.82, 2.24) is 19.7 Å². The predicted molar refractivity (Wildman–Crippen MR) is 112 cm³/mol. The van der Waals surface area contributed by atoms with Crippen LogP contribution in [0.5, 0.6) is 0 Å². The molecule has 31 heavy (non-hydrogen) atoms. The molecular formula is C23H19F3N4O. The van der Waals surface area contributed by atoms with Gasteiger partial charge in [0, 0.05) is 36.3 Å². The molecule has 2 aromatic heterocycles. The Bertz CT molecular complexity index is 1350. The first-order valence-corrected chi connectivity index (χ1v) is 9.91. The van der Waals surface area contributed by atoms with Gasteiger partial charge in [-0.1, -0.05) is 18.2 Å². The van der Waals surface area contributed by atoms with E-state index >= 15 is 0 Å². The molecule has 1 aliphatic rings. The number of hydrogen-bond acceptors (Lipinski definition) is 3. The van der Waals surface area contributed by atoms with Gasteiger partial charge in [0.25, 0.3) is 5.56 Å². The first kappa shape index (κ1) is 19.6. The van der Waals surface area contributed by atoms with Crippen LogP contribution >= 0.6 is 0 Å². The lowest BCUT2D eigenvalue weighted by Gasteiger charge is -2.14. The van der Waals surface area contributed by atoms with E-state index < -0.39 is 11.7 Å². The minimum Gasteiger partial charge on any atom is -0.346 e. The molecule has 0 bridgehead atoms. The zero-order valence-corrected chi connectivity index (χ0v) is 16.7. The van der Waals surface area contributed by atoms with Crippen LogP contribution in [0.25, 0.3) is 27.7 Å². The van der Waals surface area contributed by atoms with Crippen LogP contribution in [0.2, 0.25) is 0 Å². The molecular weight excluding hydrogens is 405 g/mol. The minimum atomic E-state index is -4.40.